The highest BCUT2D eigenvalue weighted by atomic mass is 16.2. The van der Waals surface area contributed by atoms with Gasteiger partial charge in [0, 0.05) is 31.5 Å². The summed E-state index contributed by atoms with van der Waals surface area (Å²) in [6, 6.07) is 19.0. The Bertz CT molecular complexity index is 890. The Kier molecular flexibility index (Phi) is 4.18. The fraction of sp³-hybridized carbons (Fsp3) is 0.286. The summed E-state index contributed by atoms with van der Waals surface area (Å²) in [7, 11) is 2.02. The maximum atomic E-state index is 12.8. The lowest BCUT2D eigenvalue weighted by atomic mass is 10.0. The molecule has 128 valence electrons. The molecule has 1 N–H and O–H groups in total. The molecule has 4 rings (SSSR count). The highest BCUT2D eigenvalue weighted by Crippen LogP contribution is 2.28. The molecule has 1 fully saturated rings. The average molecular weight is 333 g/mol. The van der Waals surface area contributed by atoms with Crippen LogP contribution in [0.1, 0.15) is 24.1 Å². The zero-order valence-electron chi connectivity index (χ0n) is 14.5. The molecule has 2 aromatic carbocycles. The predicted molar refractivity (Wildman–Crippen MR) is 100 cm³/mol. The molecule has 4 heteroatoms. The van der Waals surface area contributed by atoms with Gasteiger partial charge >= 0.3 is 6.03 Å². The number of fused-ring (bicyclic) bond motifs is 1. The van der Waals surface area contributed by atoms with Crippen LogP contribution in [0.5, 0.6) is 0 Å². The van der Waals surface area contributed by atoms with E-state index in [1.165, 1.54) is 10.8 Å². The topological polar surface area (TPSA) is 37.3 Å². The van der Waals surface area contributed by atoms with Crippen molar-refractivity contribution in [1.82, 2.24) is 14.8 Å². The van der Waals surface area contributed by atoms with Gasteiger partial charge in [0.25, 0.3) is 0 Å². The van der Waals surface area contributed by atoms with E-state index in [-0.39, 0.29) is 6.03 Å². The molecular weight excluding hydrogens is 310 g/mol. The van der Waals surface area contributed by atoms with Crippen LogP contribution in [0.2, 0.25) is 0 Å². The second kappa shape index (κ2) is 6.63. The molecule has 0 radical (unpaired) electrons. The van der Waals surface area contributed by atoms with Gasteiger partial charge in [-0.15, -0.1) is 0 Å². The van der Waals surface area contributed by atoms with Gasteiger partial charge in [0.15, 0.2) is 0 Å². The summed E-state index contributed by atoms with van der Waals surface area (Å²) in [5.41, 5.74) is 2.31. The lowest BCUT2D eigenvalue weighted by Gasteiger charge is -2.23. The van der Waals surface area contributed by atoms with Crippen molar-refractivity contribution in [3.8, 4) is 0 Å². The van der Waals surface area contributed by atoms with E-state index in [2.05, 4.69) is 40.2 Å². The summed E-state index contributed by atoms with van der Waals surface area (Å²) in [4.78, 5) is 14.7. The summed E-state index contributed by atoms with van der Waals surface area (Å²) in [5, 5.41) is 5.53. The minimum Gasteiger partial charge on any atom is -0.353 e. The number of rotatable bonds is 5. The number of amides is 2. The molecule has 3 aromatic rings. The van der Waals surface area contributed by atoms with E-state index in [9.17, 15) is 4.79 Å². The van der Waals surface area contributed by atoms with Crippen LogP contribution in [0.4, 0.5) is 4.79 Å². The van der Waals surface area contributed by atoms with Crippen LogP contribution >= 0.6 is 0 Å². The van der Waals surface area contributed by atoms with Gasteiger partial charge in [-0.25, -0.2) is 4.79 Å². The molecule has 25 heavy (non-hydrogen) atoms. The van der Waals surface area contributed by atoms with E-state index >= 15 is 0 Å². The van der Waals surface area contributed by atoms with Crippen LogP contribution in [-0.4, -0.2) is 21.5 Å². The smallest absolute Gasteiger partial charge is 0.318 e. The van der Waals surface area contributed by atoms with Crippen molar-refractivity contribution >= 4 is 16.8 Å². The SMILES string of the molecule is Cn1cccc1CN(C(=O)NCc1cccc2ccccc12)C1CC1. The van der Waals surface area contributed by atoms with Gasteiger partial charge in [-0.05, 0) is 41.3 Å². The Labute approximate surface area is 148 Å². The molecule has 0 saturated heterocycles. The van der Waals surface area contributed by atoms with E-state index in [0.717, 1.165) is 24.1 Å². The first-order chi connectivity index (χ1) is 12.2. The maximum absolute atomic E-state index is 12.8. The zero-order chi connectivity index (χ0) is 17.2. The minimum atomic E-state index is 0.0247. The van der Waals surface area contributed by atoms with Crippen molar-refractivity contribution in [2.75, 3.05) is 0 Å². The standard InChI is InChI=1S/C21H23N3O/c1-23-13-5-9-19(23)15-24(18-11-12-18)21(25)22-14-17-8-4-7-16-6-2-3-10-20(16)17/h2-10,13,18H,11-12,14-15H2,1H3,(H,22,25). The molecule has 1 aromatic heterocycles. The number of aryl methyl sites for hydroxylation is 1. The summed E-state index contributed by atoms with van der Waals surface area (Å²) < 4.78 is 2.08. The Morgan fingerprint density at radius 1 is 1.12 bits per heavy atom. The molecule has 4 nitrogen and oxygen atoms in total. The van der Waals surface area contributed by atoms with Crippen LogP contribution in [0.3, 0.4) is 0 Å². The average Bonchev–Trinajstić information content (AvgIpc) is 3.40. The van der Waals surface area contributed by atoms with E-state index in [0.29, 0.717) is 19.1 Å². The molecular formula is C21H23N3O. The van der Waals surface area contributed by atoms with Crippen LogP contribution in [0, 0.1) is 0 Å². The maximum Gasteiger partial charge on any atom is 0.318 e. The Morgan fingerprint density at radius 3 is 2.68 bits per heavy atom. The van der Waals surface area contributed by atoms with Crippen LogP contribution in [0.25, 0.3) is 10.8 Å². The second-order valence-electron chi connectivity index (χ2n) is 6.77. The van der Waals surface area contributed by atoms with Crippen LogP contribution in [-0.2, 0) is 20.1 Å². The van der Waals surface area contributed by atoms with Crippen molar-refractivity contribution < 1.29 is 4.79 Å². The van der Waals surface area contributed by atoms with Crippen molar-refractivity contribution in [2.24, 2.45) is 7.05 Å². The van der Waals surface area contributed by atoms with Gasteiger partial charge in [-0.2, -0.15) is 0 Å². The van der Waals surface area contributed by atoms with E-state index in [4.69, 9.17) is 0 Å². The monoisotopic (exact) mass is 333 g/mol. The first-order valence-electron chi connectivity index (χ1n) is 8.84. The first-order valence-corrected chi connectivity index (χ1v) is 8.84. The number of carbonyl (C=O) groups excluding carboxylic acids is 1. The summed E-state index contributed by atoms with van der Waals surface area (Å²) >= 11 is 0. The highest BCUT2D eigenvalue weighted by molar-refractivity contribution is 5.86. The largest absolute Gasteiger partial charge is 0.353 e. The fourth-order valence-corrected chi connectivity index (χ4v) is 3.31. The number of hydrogen-bond acceptors (Lipinski definition) is 1. The first kappa shape index (κ1) is 15.8. The molecule has 0 aliphatic heterocycles. The number of aromatic nitrogens is 1. The number of nitrogens with one attached hydrogen (secondary N) is 1. The van der Waals surface area contributed by atoms with E-state index in [1.54, 1.807) is 0 Å². The van der Waals surface area contributed by atoms with Crippen LogP contribution < -0.4 is 5.32 Å². The lowest BCUT2D eigenvalue weighted by molar-refractivity contribution is 0.190. The molecule has 0 spiro atoms. The third-order valence-corrected chi connectivity index (χ3v) is 4.94. The molecule has 1 aliphatic rings. The molecule has 0 atom stereocenters. The Hall–Kier alpha value is -2.75. The minimum absolute atomic E-state index is 0.0247. The van der Waals surface area contributed by atoms with Crippen molar-refractivity contribution in [3.63, 3.8) is 0 Å². The molecule has 0 bridgehead atoms. The molecule has 0 unspecified atom stereocenters. The quantitative estimate of drug-likeness (QED) is 0.751. The molecule has 1 aliphatic carbocycles. The number of carbonyl (C=O) groups is 1. The summed E-state index contributed by atoms with van der Waals surface area (Å²) in [5.74, 6) is 0. The van der Waals surface area contributed by atoms with Crippen molar-refractivity contribution in [1.29, 1.82) is 0 Å². The summed E-state index contributed by atoms with van der Waals surface area (Å²) in [6.45, 7) is 1.21. The predicted octanol–water partition coefficient (Wildman–Crippen LogP) is 4.05. The fourth-order valence-electron chi connectivity index (χ4n) is 3.31. The Balaban J connectivity index is 1.47. The number of urea groups is 1. The second-order valence-corrected chi connectivity index (χ2v) is 6.77. The molecule has 1 heterocycles. The van der Waals surface area contributed by atoms with Gasteiger partial charge in [-0.1, -0.05) is 42.5 Å². The lowest BCUT2D eigenvalue weighted by Crippen LogP contribution is -2.41. The van der Waals surface area contributed by atoms with Gasteiger partial charge in [0.1, 0.15) is 0 Å². The van der Waals surface area contributed by atoms with Gasteiger partial charge in [-0.3, -0.25) is 0 Å². The molecule has 2 amide bonds. The van der Waals surface area contributed by atoms with Gasteiger partial charge < -0.3 is 14.8 Å². The number of benzene rings is 2. The third-order valence-electron chi connectivity index (χ3n) is 4.94. The Morgan fingerprint density at radius 2 is 1.92 bits per heavy atom. The highest BCUT2D eigenvalue weighted by Gasteiger charge is 2.32. The normalized spacial score (nSPS) is 13.8. The van der Waals surface area contributed by atoms with Gasteiger partial charge in [0.2, 0.25) is 0 Å². The van der Waals surface area contributed by atoms with Crippen molar-refractivity contribution in [2.45, 2.75) is 32.0 Å². The number of hydrogen-bond donors (Lipinski definition) is 1. The third kappa shape index (κ3) is 3.38. The van der Waals surface area contributed by atoms with Gasteiger partial charge in [0.05, 0.1) is 6.54 Å². The molecule has 1 saturated carbocycles. The van der Waals surface area contributed by atoms with E-state index in [1.807, 2.05) is 42.4 Å². The van der Waals surface area contributed by atoms with E-state index < -0.39 is 0 Å². The van der Waals surface area contributed by atoms with Crippen LogP contribution in [0.15, 0.2) is 60.8 Å². The zero-order valence-corrected chi connectivity index (χ0v) is 14.5. The van der Waals surface area contributed by atoms with Crippen molar-refractivity contribution in [3.05, 3.63) is 72.1 Å². The summed E-state index contributed by atoms with van der Waals surface area (Å²) in [6.07, 6.45) is 4.23. The number of nitrogens with zero attached hydrogens (tertiary/aromatic N) is 2.